The van der Waals surface area contributed by atoms with Crippen molar-refractivity contribution in [3.05, 3.63) is 29.8 Å². The number of benzene rings is 1. The predicted octanol–water partition coefficient (Wildman–Crippen LogP) is 2.67. The molecule has 0 heterocycles. The largest absolute Gasteiger partial charge is 0.493 e. The van der Waals surface area contributed by atoms with Crippen LogP contribution in [0.15, 0.2) is 24.3 Å². The van der Waals surface area contributed by atoms with E-state index in [0.717, 1.165) is 17.7 Å². The van der Waals surface area contributed by atoms with Gasteiger partial charge in [0.1, 0.15) is 11.4 Å². The fourth-order valence-corrected chi connectivity index (χ4v) is 1.97. The molecular formula is C15H25NO2. The molecule has 3 heteroatoms. The zero-order chi connectivity index (χ0) is 13.8. The average Bonchev–Trinajstić information content (AvgIpc) is 2.34. The van der Waals surface area contributed by atoms with E-state index in [1.54, 1.807) is 0 Å². The van der Waals surface area contributed by atoms with Gasteiger partial charge >= 0.3 is 0 Å². The highest BCUT2D eigenvalue weighted by molar-refractivity contribution is 5.39. The van der Waals surface area contributed by atoms with Gasteiger partial charge in [0, 0.05) is 12.1 Å². The fraction of sp³-hybridized carbons (Fsp3) is 0.600. The van der Waals surface area contributed by atoms with Crippen LogP contribution in [0.4, 0.5) is 0 Å². The van der Waals surface area contributed by atoms with E-state index in [1.807, 2.05) is 45.0 Å². The van der Waals surface area contributed by atoms with Gasteiger partial charge in [-0.25, -0.2) is 0 Å². The van der Waals surface area contributed by atoms with E-state index in [9.17, 15) is 5.11 Å². The van der Waals surface area contributed by atoms with Crippen LogP contribution < -0.4 is 10.5 Å². The summed E-state index contributed by atoms with van der Waals surface area (Å²) in [7, 11) is 0. The fourth-order valence-electron chi connectivity index (χ4n) is 1.97. The molecule has 0 aromatic heterocycles. The second-order valence-electron chi connectivity index (χ2n) is 5.66. The molecule has 0 aliphatic rings. The Morgan fingerprint density at radius 1 is 1.22 bits per heavy atom. The van der Waals surface area contributed by atoms with Crippen LogP contribution in [0.1, 0.15) is 39.7 Å². The molecule has 0 aliphatic carbocycles. The van der Waals surface area contributed by atoms with Gasteiger partial charge in [0.15, 0.2) is 0 Å². The van der Waals surface area contributed by atoms with Crippen LogP contribution in [-0.4, -0.2) is 18.3 Å². The molecule has 0 radical (unpaired) electrons. The normalized spacial score (nSPS) is 15.2. The molecule has 1 aromatic carbocycles. The maximum Gasteiger partial charge on any atom is 0.125 e. The number of ether oxygens (including phenoxy) is 1. The summed E-state index contributed by atoms with van der Waals surface area (Å²) in [6, 6.07) is 7.59. The second kappa shape index (κ2) is 5.72. The minimum absolute atomic E-state index is 0.170. The lowest BCUT2D eigenvalue weighted by Gasteiger charge is -2.40. The smallest absolute Gasteiger partial charge is 0.125 e. The van der Waals surface area contributed by atoms with Crippen molar-refractivity contribution in [3.63, 3.8) is 0 Å². The molecule has 3 nitrogen and oxygen atoms in total. The minimum atomic E-state index is -1.09. The zero-order valence-electron chi connectivity index (χ0n) is 11.9. The molecule has 0 amide bonds. The molecule has 0 aliphatic heterocycles. The Morgan fingerprint density at radius 2 is 1.83 bits per heavy atom. The van der Waals surface area contributed by atoms with Gasteiger partial charge in [-0.2, -0.15) is 0 Å². The first-order chi connectivity index (χ1) is 8.36. The molecule has 0 bridgehead atoms. The van der Waals surface area contributed by atoms with Gasteiger partial charge in [0.05, 0.1) is 6.61 Å². The Hall–Kier alpha value is -1.06. The third kappa shape index (κ3) is 2.85. The summed E-state index contributed by atoms with van der Waals surface area (Å²) in [5.74, 6) is 0.724. The van der Waals surface area contributed by atoms with Gasteiger partial charge in [0.25, 0.3) is 0 Å². The highest BCUT2D eigenvalue weighted by atomic mass is 16.5. The standard InChI is InChI=1S/C15H25NO2/c1-5-10-18-13-9-7-6-8-12(13)15(17,11-16)14(2,3)4/h6-9,17H,5,10-11,16H2,1-4H3. The monoisotopic (exact) mass is 251 g/mol. The van der Waals surface area contributed by atoms with Crippen molar-refractivity contribution in [2.45, 2.75) is 39.7 Å². The highest BCUT2D eigenvalue weighted by Gasteiger charge is 2.42. The molecule has 102 valence electrons. The Morgan fingerprint density at radius 3 is 2.33 bits per heavy atom. The lowest BCUT2D eigenvalue weighted by Crippen LogP contribution is -2.46. The van der Waals surface area contributed by atoms with Crippen LogP contribution in [0.25, 0.3) is 0 Å². The molecule has 0 saturated carbocycles. The first-order valence-corrected chi connectivity index (χ1v) is 6.51. The lowest BCUT2D eigenvalue weighted by molar-refractivity contribution is -0.0575. The molecule has 0 saturated heterocycles. The van der Waals surface area contributed by atoms with Gasteiger partial charge in [0.2, 0.25) is 0 Å². The topological polar surface area (TPSA) is 55.5 Å². The summed E-state index contributed by atoms with van der Waals surface area (Å²) < 4.78 is 5.71. The van der Waals surface area contributed by atoms with Crippen molar-refractivity contribution in [2.75, 3.05) is 13.2 Å². The van der Waals surface area contributed by atoms with Crippen molar-refractivity contribution in [1.82, 2.24) is 0 Å². The Labute approximate surface area is 110 Å². The predicted molar refractivity (Wildman–Crippen MR) is 74.6 cm³/mol. The van der Waals surface area contributed by atoms with Crippen LogP contribution in [0.5, 0.6) is 5.75 Å². The molecular weight excluding hydrogens is 226 g/mol. The molecule has 3 N–H and O–H groups in total. The molecule has 0 fully saturated rings. The SMILES string of the molecule is CCCOc1ccccc1C(O)(CN)C(C)(C)C. The summed E-state index contributed by atoms with van der Waals surface area (Å²) in [4.78, 5) is 0. The molecule has 1 unspecified atom stereocenters. The van der Waals surface area contributed by atoms with Crippen molar-refractivity contribution in [2.24, 2.45) is 11.1 Å². The highest BCUT2D eigenvalue weighted by Crippen LogP contribution is 2.42. The zero-order valence-corrected chi connectivity index (χ0v) is 11.9. The van der Waals surface area contributed by atoms with Crippen LogP contribution in [0, 0.1) is 5.41 Å². The van der Waals surface area contributed by atoms with Gasteiger partial charge in [-0.1, -0.05) is 45.9 Å². The maximum absolute atomic E-state index is 10.9. The number of hydrogen-bond acceptors (Lipinski definition) is 3. The van der Waals surface area contributed by atoms with E-state index in [1.165, 1.54) is 0 Å². The van der Waals surface area contributed by atoms with Crippen molar-refractivity contribution >= 4 is 0 Å². The number of para-hydroxylation sites is 1. The number of nitrogens with two attached hydrogens (primary N) is 1. The summed E-state index contributed by atoms with van der Waals surface area (Å²) in [5, 5.41) is 10.9. The van der Waals surface area contributed by atoms with Gasteiger partial charge in [-0.15, -0.1) is 0 Å². The summed E-state index contributed by atoms with van der Waals surface area (Å²) in [5.41, 5.74) is 5.15. The molecule has 18 heavy (non-hydrogen) atoms. The average molecular weight is 251 g/mol. The summed E-state index contributed by atoms with van der Waals surface area (Å²) >= 11 is 0. The van der Waals surface area contributed by atoms with Crippen LogP contribution in [0.3, 0.4) is 0 Å². The Bertz CT molecular complexity index is 384. The van der Waals surface area contributed by atoms with Crippen LogP contribution >= 0.6 is 0 Å². The van der Waals surface area contributed by atoms with Crippen LogP contribution in [0.2, 0.25) is 0 Å². The molecule has 1 aromatic rings. The van der Waals surface area contributed by atoms with E-state index in [4.69, 9.17) is 10.5 Å². The van der Waals surface area contributed by atoms with E-state index < -0.39 is 5.60 Å². The first-order valence-electron chi connectivity index (χ1n) is 6.51. The molecule has 1 atom stereocenters. The number of hydrogen-bond donors (Lipinski definition) is 2. The summed E-state index contributed by atoms with van der Waals surface area (Å²) in [6.45, 7) is 8.82. The maximum atomic E-state index is 10.9. The van der Waals surface area contributed by atoms with E-state index in [2.05, 4.69) is 6.92 Å². The molecule has 0 spiro atoms. The van der Waals surface area contributed by atoms with Crippen molar-refractivity contribution in [3.8, 4) is 5.75 Å². The van der Waals surface area contributed by atoms with E-state index in [-0.39, 0.29) is 12.0 Å². The Kier molecular flexibility index (Phi) is 4.77. The van der Waals surface area contributed by atoms with Gasteiger partial charge in [-0.05, 0) is 17.9 Å². The van der Waals surface area contributed by atoms with Gasteiger partial charge in [-0.3, -0.25) is 0 Å². The van der Waals surface area contributed by atoms with E-state index >= 15 is 0 Å². The van der Waals surface area contributed by atoms with E-state index in [0.29, 0.717) is 6.61 Å². The minimum Gasteiger partial charge on any atom is -0.493 e. The van der Waals surface area contributed by atoms with Crippen molar-refractivity contribution in [1.29, 1.82) is 0 Å². The lowest BCUT2D eigenvalue weighted by atomic mass is 9.72. The first kappa shape index (κ1) is 15.0. The third-order valence-electron chi connectivity index (χ3n) is 3.33. The third-order valence-corrected chi connectivity index (χ3v) is 3.33. The molecule has 1 rings (SSSR count). The number of aliphatic hydroxyl groups is 1. The van der Waals surface area contributed by atoms with Crippen molar-refractivity contribution < 1.29 is 9.84 Å². The Balaban J connectivity index is 3.21. The second-order valence-corrected chi connectivity index (χ2v) is 5.66. The van der Waals surface area contributed by atoms with Gasteiger partial charge < -0.3 is 15.6 Å². The number of rotatable bonds is 5. The summed E-state index contributed by atoms with van der Waals surface area (Å²) in [6.07, 6.45) is 0.935. The quantitative estimate of drug-likeness (QED) is 0.846. The van der Waals surface area contributed by atoms with Crippen LogP contribution in [-0.2, 0) is 5.60 Å².